The molecule has 0 radical (unpaired) electrons. The molecule has 1 saturated heterocycles. The Labute approximate surface area is 141 Å². The van der Waals surface area contributed by atoms with Crippen molar-refractivity contribution >= 4 is 0 Å². The third-order valence-corrected chi connectivity index (χ3v) is 4.33. The third-order valence-electron chi connectivity index (χ3n) is 4.33. The quantitative estimate of drug-likeness (QED) is 0.858. The number of aryl methyl sites for hydroxylation is 2. The molecule has 1 aromatic heterocycles. The van der Waals surface area contributed by atoms with Crippen LogP contribution in [0.4, 0.5) is 0 Å². The van der Waals surface area contributed by atoms with Crippen LogP contribution >= 0.6 is 0 Å². The van der Waals surface area contributed by atoms with E-state index in [-0.39, 0.29) is 6.04 Å². The summed E-state index contributed by atoms with van der Waals surface area (Å²) in [5.41, 5.74) is 1.11. The highest BCUT2D eigenvalue weighted by atomic mass is 16.5. The summed E-state index contributed by atoms with van der Waals surface area (Å²) in [5, 5.41) is 7.52. The molecule has 7 nitrogen and oxygen atoms in total. The zero-order chi connectivity index (χ0) is 16.9. The van der Waals surface area contributed by atoms with Gasteiger partial charge in [-0.25, -0.2) is 0 Å². The Morgan fingerprint density at radius 1 is 1.21 bits per heavy atom. The molecule has 3 rings (SSSR count). The highest BCUT2D eigenvalue weighted by molar-refractivity contribution is 5.38. The topological polar surface area (TPSA) is 72.7 Å². The fraction of sp³-hybridized carbons (Fsp3) is 0.529. The van der Waals surface area contributed by atoms with Crippen LogP contribution in [0.3, 0.4) is 0 Å². The molecule has 1 unspecified atom stereocenters. The van der Waals surface area contributed by atoms with Crippen LogP contribution in [-0.4, -0.2) is 55.9 Å². The van der Waals surface area contributed by atoms with Crippen LogP contribution in [0, 0.1) is 0 Å². The maximum atomic E-state index is 5.42. The van der Waals surface area contributed by atoms with Crippen molar-refractivity contribution in [3.63, 3.8) is 0 Å². The first-order valence-corrected chi connectivity index (χ1v) is 8.15. The van der Waals surface area contributed by atoms with Crippen molar-refractivity contribution in [2.24, 2.45) is 0 Å². The Bertz CT molecular complexity index is 651. The lowest BCUT2D eigenvalue weighted by Crippen LogP contribution is -2.44. The summed E-state index contributed by atoms with van der Waals surface area (Å²) >= 11 is 0. The predicted octanol–water partition coefficient (Wildman–Crippen LogP) is 1.45. The number of methoxy groups -OCH3 is 2. The van der Waals surface area contributed by atoms with E-state index in [4.69, 9.17) is 14.0 Å². The molecule has 0 bridgehead atoms. The Balaban J connectivity index is 1.65. The number of ether oxygens (including phenoxy) is 2. The smallest absolute Gasteiger partial charge is 0.227 e. The molecule has 0 spiro atoms. The molecule has 0 saturated carbocycles. The van der Waals surface area contributed by atoms with Crippen LogP contribution in [0.5, 0.6) is 11.5 Å². The molecule has 1 aliphatic rings. The van der Waals surface area contributed by atoms with Gasteiger partial charge in [0, 0.05) is 32.1 Å². The normalized spacial score (nSPS) is 18.5. The summed E-state index contributed by atoms with van der Waals surface area (Å²) in [6, 6.07) is 6.03. The van der Waals surface area contributed by atoms with Gasteiger partial charge in [0.2, 0.25) is 5.89 Å². The maximum absolute atomic E-state index is 5.42. The lowest BCUT2D eigenvalue weighted by molar-refractivity contribution is 0.190. The van der Waals surface area contributed by atoms with Gasteiger partial charge < -0.3 is 19.3 Å². The Kier molecular flexibility index (Phi) is 5.32. The Hall–Kier alpha value is -2.12. The highest BCUT2D eigenvalue weighted by Gasteiger charge is 2.25. The molecule has 1 aromatic carbocycles. The third kappa shape index (κ3) is 3.85. The van der Waals surface area contributed by atoms with Gasteiger partial charge in [0.15, 0.2) is 5.82 Å². The fourth-order valence-corrected chi connectivity index (χ4v) is 2.86. The second-order valence-electron chi connectivity index (χ2n) is 5.97. The Morgan fingerprint density at radius 2 is 1.96 bits per heavy atom. The van der Waals surface area contributed by atoms with Gasteiger partial charge >= 0.3 is 0 Å². The van der Waals surface area contributed by atoms with Crippen molar-refractivity contribution in [3.8, 4) is 11.5 Å². The van der Waals surface area contributed by atoms with E-state index in [1.54, 1.807) is 14.2 Å². The first kappa shape index (κ1) is 16.7. The van der Waals surface area contributed by atoms with E-state index < -0.39 is 0 Å². The maximum Gasteiger partial charge on any atom is 0.227 e. The minimum absolute atomic E-state index is 0.174. The van der Waals surface area contributed by atoms with Crippen molar-refractivity contribution in [2.45, 2.75) is 18.9 Å². The lowest BCUT2D eigenvalue weighted by atomic mass is 10.1. The average molecular weight is 332 g/mol. The lowest BCUT2D eigenvalue weighted by Gasteiger charge is -2.30. The van der Waals surface area contributed by atoms with Gasteiger partial charge in [0.25, 0.3) is 0 Å². The zero-order valence-electron chi connectivity index (χ0n) is 14.4. The van der Waals surface area contributed by atoms with Gasteiger partial charge in [-0.05, 0) is 31.2 Å². The zero-order valence-corrected chi connectivity index (χ0v) is 14.4. The Morgan fingerprint density at radius 3 is 2.62 bits per heavy atom. The van der Waals surface area contributed by atoms with E-state index in [1.165, 1.54) is 0 Å². The SMILES string of the molecule is COc1cc(CCc2nc(C3CNCCN3C)no2)cc(OC)c1. The van der Waals surface area contributed by atoms with Crippen molar-refractivity contribution in [1.29, 1.82) is 0 Å². The van der Waals surface area contributed by atoms with E-state index in [2.05, 4.69) is 27.4 Å². The molecule has 2 aromatic rings. The van der Waals surface area contributed by atoms with Crippen molar-refractivity contribution in [2.75, 3.05) is 40.9 Å². The first-order chi connectivity index (χ1) is 11.7. The van der Waals surface area contributed by atoms with Gasteiger partial charge in [-0.3, -0.25) is 4.90 Å². The predicted molar refractivity (Wildman–Crippen MR) is 89.5 cm³/mol. The minimum Gasteiger partial charge on any atom is -0.497 e. The summed E-state index contributed by atoms with van der Waals surface area (Å²) in [5.74, 6) is 2.98. The summed E-state index contributed by atoms with van der Waals surface area (Å²) in [7, 11) is 5.39. The number of benzene rings is 1. The summed E-state index contributed by atoms with van der Waals surface area (Å²) in [6.07, 6.45) is 1.47. The molecule has 1 atom stereocenters. The number of hydrogen-bond acceptors (Lipinski definition) is 7. The molecule has 2 heterocycles. The summed E-state index contributed by atoms with van der Waals surface area (Å²) in [4.78, 5) is 6.81. The van der Waals surface area contributed by atoms with E-state index in [9.17, 15) is 0 Å². The molecule has 24 heavy (non-hydrogen) atoms. The second kappa shape index (κ2) is 7.63. The minimum atomic E-state index is 0.174. The number of hydrogen-bond donors (Lipinski definition) is 1. The largest absolute Gasteiger partial charge is 0.497 e. The van der Waals surface area contributed by atoms with Gasteiger partial charge in [0.1, 0.15) is 11.5 Å². The van der Waals surface area contributed by atoms with Gasteiger partial charge in [0.05, 0.1) is 20.3 Å². The highest BCUT2D eigenvalue weighted by Crippen LogP contribution is 2.24. The summed E-state index contributed by atoms with van der Waals surface area (Å²) < 4.78 is 16.0. The van der Waals surface area contributed by atoms with Crippen LogP contribution in [-0.2, 0) is 12.8 Å². The second-order valence-corrected chi connectivity index (χ2v) is 5.97. The van der Waals surface area contributed by atoms with E-state index >= 15 is 0 Å². The van der Waals surface area contributed by atoms with Gasteiger partial charge in [-0.2, -0.15) is 4.98 Å². The molecular formula is C17H24N4O3. The number of aromatic nitrogens is 2. The van der Waals surface area contributed by atoms with E-state index in [1.807, 2.05) is 18.2 Å². The van der Waals surface area contributed by atoms with Crippen LogP contribution in [0.2, 0.25) is 0 Å². The fourth-order valence-electron chi connectivity index (χ4n) is 2.86. The number of nitrogens with zero attached hydrogens (tertiary/aromatic N) is 3. The van der Waals surface area contributed by atoms with Crippen LogP contribution < -0.4 is 14.8 Å². The molecule has 1 N–H and O–H groups in total. The molecule has 0 aliphatic carbocycles. The van der Waals surface area contributed by atoms with Crippen LogP contribution in [0.15, 0.2) is 22.7 Å². The molecule has 7 heteroatoms. The standard InChI is InChI=1S/C17H24N4O3/c1-21-7-6-18-11-15(21)17-19-16(24-20-17)5-4-12-8-13(22-2)10-14(9-12)23-3/h8-10,15,18H,4-7,11H2,1-3H3. The van der Waals surface area contributed by atoms with Crippen LogP contribution in [0.25, 0.3) is 0 Å². The van der Waals surface area contributed by atoms with Gasteiger partial charge in [-0.15, -0.1) is 0 Å². The molecular weight excluding hydrogens is 308 g/mol. The first-order valence-electron chi connectivity index (χ1n) is 8.15. The average Bonchev–Trinajstić information content (AvgIpc) is 3.08. The van der Waals surface area contributed by atoms with E-state index in [0.29, 0.717) is 12.3 Å². The van der Waals surface area contributed by atoms with Crippen molar-refractivity contribution < 1.29 is 14.0 Å². The summed E-state index contributed by atoms with van der Waals surface area (Å²) in [6.45, 7) is 2.83. The molecule has 130 valence electrons. The monoisotopic (exact) mass is 332 g/mol. The van der Waals surface area contributed by atoms with Crippen LogP contribution in [0.1, 0.15) is 23.3 Å². The number of nitrogens with one attached hydrogen (secondary N) is 1. The molecule has 1 fully saturated rings. The number of piperazine rings is 1. The van der Waals surface area contributed by atoms with Crippen molar-refractivity contribution in [3.05, 3.63) is 35.5 Å². The van der Waals surface area contributed by atoms with Crippen molar-refractivity contribution in [1.82, 2.24) is 20.4 Å². The number of rotatable bonds is 6. The number of likely N-dealkylation sites (N-methyl/N-ethyl adjacent to an activating group) is 1. The van der Waals surface area contributed by atoms with Gasteiger partial charge in [-0.1, -0.05) is 5.16 Å². The molecule has 0 amide bonds. The van der Waals surface area contributed by atoms with E-state index in [0.717, 1.165) is 48.9 Å². The molecule has 1 aliphatic heterocycles.